The van der Waals surface area contributed by atoms with Crippen LogP contribution >= 0.6 is 27.3 Å². The van der Waals surface area contributed by atoms with Crippen molar-refractivity contribution in [3.63, 3.8) is 0 Å². The molecule has 3 aromatic rings. The Morgan fingerprint density at radius 3 is 2.66 bits per heavy atom. The first kappa shape index (κ1) is 20.5. The lowest BCUT2D eigenvalue weighted by Crippen LogP contribution is -2.43. The van der Waals surface area contributed by atoms with E-state index in [9.17, 15) is 4.79 Å². The van der Waals surface area contributed by atoms with Gasteiger partial charge in [0.2, 0.25) is 0 Å². The van der Waals surface area contributed by atoms with Crippen molar-refractivity contribution < 1.29 is 4.74 Å². The zero-order valence-corrected chi connectivity index (χ0v) is 20.3. The lowest BCUT2D eigenvalue weighted by atomic mass is 10.0. The smallest absolute Gasteiger partial charge is 0.275 e. The first-order valence-corrected chi connectivity index (χ1v) is 12.9. The minimum Gasteiger partial charge on any atom is -0.489 e. The van der Waals surface area contributed by atoms with Gasteiger partial charge in [0, 0.05) is 18.0 Å². The summed E-state index contributed by atoms with van der Waals surface area (Å²) in [6, 6.07) is 9.02. The van der Waals surface area contributed by atoms with Crippen molar-refractivity contribution in [1.82, 2.24) is 14.5 Å². The molecule has 3 aliphatic rings. The Bertz CT molecular complexity index is 1300. The van der Waals surface area contributed by atoms with Gasteiger partial charge in [-0.2, -0.15) is 0 Å². The lowest BCUT2D eigenvalue weighted by molar-refractivity contribution is 0.0657. The number of aromatic nitrogens is 2. The summed E-state index contributed by atoms with van der Waals surface area (Å²) in [5.74, 6) is 7.83. The summed E-state index contributed by atoms with van der Waals surface area (Å²) in [6.07, 6.45) is 8.93. The Balaban J connectivity index is 1.25. The average molecular weight is 510 g/mol. The second kappa shape index (κ2) is 8.02. The molecular weight excluding hydrogens is 486 g/mol. The van der Waals surface area contributed by atoms with Crippen LogP contribution in [0.15, 0.2) is 39.9 Å². The molecule has 32 heavy (non-hydrogen) atoms. The minimum absolute atomic E-state index is 0.0630. The van der Waals surface area contributed by atoms with E-state index in [1.807, 2.05) is 24.3 Å². The Morgan fingerprint density at radius 1 is 1.16 bits per heavy atom. The van der Waals surface area contributed by atoms with Gasteiger partial charge in [-0.3, -0.25) is 9.36 Å². The van der Waals surface area contributed by atoms with E-state index in [0.717, 1.165) is 33.6 Å². The molecule has 3 atom stereocenters. The van der Waals surface area contributed by atoms with Crippen molar-refractivity contribution in [2.75, 3.05) is 7.05 Å². The van der Waals surface area contributed by atoms with Crippen molar-refractivity contribution in [2.24, 2.45) is 5.92 Å². The lowest BCUT2D eigenvalue weighted by Gasteiger charge is -2.36. The highest BCUT2D eigenvalue weighted by molar-refractivity contribution is 9.10. The molecule has 0 radical (unpaired) electrons. The van der Waals surface area contributed by atoms with E-state index in [2.05, 4.69) is 44.7 Å². The van der Waals surface area contributed by atoms with Gasteiger partial charge in [-0.05, 0) is 85.8 Å². The van der Waals surface area contributed by atoms with Crippen molar-refractivity contribution in [2.45, 2.75) is 56.7 Å². The van der Waals surface area contributed by atoms with Gasteiger partial charge in [-0.15, -0.1) is 11.3 Å². The Morgan fingerprint density at radius 2 is 1.94 bits per heavy atom. The molecule has 2 aliphatic heterocycles. The summed E-state index contributed by atoms with van der Waals surface area (Å²) < 4.78 is 9.47. The van der Waals surface area contributed by atoms with Crippen LogP contribution in [0.1, 0.15) is 43.4 Å². The van der Waals surface area contributed by atoms with Crippen LogP contribution in [-0.2, 0) is 0 Å². The van der Waals surface area contributed by atoms with Crippen LogP contribution in [0.5, 0.6) is 5.75 Å². The van der Waals surface area contributed by atoms with Crippen LogP contribution in [-0.4, -0.2) is 39.7 Å². The largest absolute Gasteiger partial charge is 0.489 e. The standard InChI is InChI=1S/C25H24BrN3O2S/c1-28-16-5-6-17(28)11-19(10-16)31-23-9-7-18(12-21(23)26)29-14-27-22-13-20(8-4-15-2-3-15)32-24(22)25(29)30/h7,9,12-17,19H,2-3,5-6,10-11H2,1H3/t16-,17+,19?. The molecule has 1 saturated carbocycles. The van der Waals surface area contributed by atoms with Crippen LogP contribution in [0.25, 0.3) is 15.9 Å². The van der Waals surface area contributed by atoms with Gasteiger partial charge in [-0.25, -0.2) is 4.98 Å². The third kappa shape index (κ3) is 3.79. The van der Waals surface area contributed by atoms with Gasteiger partial charge in [0.15, 0.2) is 0 Å². The fourth-order valence-corrected chi connectivity index (χ4v) is 6.29. The molecule has 7 heteroatoms. The fraction of sp³-hybridized carbons (Fsp3) is 0.440. The summed E-state index contributed by atoms with van der Waals surface area (Å²) >= 11 is 5.09. The number of piperidine rings is 1. The monoisotopic (exact) mass is 509 g/mol. The Kier molecular flexibility index (Phi) is 5.13. The Hall–Kier alpha value is -2.14. The number of halogens is 1. The maximum Gasteiger partial charge on any atom is 0.275 e. The molecule has 6 rings (SSSR count). The summed E-state index contributed by atoms with van der Waals surface area (Å²) in [7, 11) is 2.24. The molecule has 1 aliphatic carbocycles. The molecule has 2 aromatic heterocycles. The minimum atomic E-state index is -0.0630. The van der Waals surface area contributed by atoms with Crippen molar-refractivity contribution in [1.29, 1.82) is 0 Å². The van der Waals surface area contributed by atoms with Gasteiger partial charge >= 0.3 is 0 Å². The zero-order chi connectivity index (χ0) is 21.8. The van der Waals surface area contributed by atoms with E-state index in [1.165, 1.54) is 37.0 Å². The highest BCUT2D eigenvalue weighted by atomic mass is 79.9. The van der Waals surface area contributed by atoms with Crippen molar-refractivity contribution in [3.8, 4) is 23.3 Å². The SMILES string of the molecule is CN1[C@@H]2CC[C@H]1CC(Oc1ccc(-n3cnc4cc(C#CC5CC5)sc4c3=O)cc1Br)C2. The molecule has 164 valence electrons. The third-order valence-corrected chi connectivity index (χ3v) is 8.60. The number of ether oxygens (including phenoxy) is 1. The van der Waals surface area contributed by atoms with Crippen LogP contribution < -0.4 is 10.3 Å². The van der Waals surface area contributed by atoms with E-state index in [1.54, 1.807) is 10.9 Å². The molecule has 1 unspecified atom stereocenters. The number of thiophene rings is 1. The molecule has 4 heterocycles. The van der Waals surface area contributed by atoms with E-state index >= 15 is 0 Å². The van der Waals surface area contributed by atoms with E-state index in [0.29, 0.717) is 28.2 Å². The first-order chi connectivity index (χ1) is 15.5. The van der Waals surface area contributed by atoms with Gasteiger partial charge in [0.1, 0.15) is 22.9 Å². The van der Waals surface area contributed by atoms with Gasteiger partial charge in [-0.1, -0.05) is 11.8 Å². The van der Waals surface area contributed by atoms with Crippen LogP contribution in [0, 0.1) is 17.8 Å². The highest BCUT2D eigenvalue weighted by Gasteiger charge is 2.39. The fourth-order valence-electron chi connectivity index (χ4n) is 4.93. The molecule has 5 nitrogen and oxygen atoms in total. The summed E-state index contributed by atoms with van der Waals surface area (Å²) in [6.45, 7) is 0. The topological polar surface area (TPSA) is 47.4 Å². The summed E-state index contributed by atoms with van der Waals surface area (Å²) in [5.41, 5.74) is 1.42. The quantitative estimate of drug-likeness (QED) is 0.467. The highest BCUT2D eigenvalue weighted by Crippen LogP contribution is 2.37. The average Bonchev–Trinajstić information content (AvgIpc) is 3.48. The third-order valence-electron chi connectivity index (χ3n) is 6.96. The summed E-state index contributed by atoms with van der Waals surface area (Å²) in [5, 5.41) is 0. The molecular formula is C25H24BrN3O2S. The molecule has 0 N–H and O–H groups in total. The molecule has 0 spiro atoms. The summed E-state index contributed by atoms with van der Waals surface area (Å²) in [4.78, 5) is 21.1. The molecule has 2 saturated heterocycles. The number of hydrogen-bond acceptors (Lipinski definition) is 5. The number of rotatable bonds is 3. The second-order valence-corrected chi connectivity index (χ2v) is 11.1. The number of nitrogens with zero attached hydrogens (tertiary/aromatic N) is 3. The van der Waals surface area contributed by atoms with E-state index in [4.69, 9.17) is 4.74 Å². The van der Waals surface area contributed by atoms with Crippen molar-refractivity contribution in [3.05, 3.63) is 50.3 Å². The molecule has 2 bridgehead atoms. The van der Waals surface area contributed by atoms with Crippen LogP contribution in [0.3, 0.4) is 0 Å². The maximum absolute atomic E-state index is 13.1. The van der Waals surface area contributed by atoms with Crippen molar-refractivity contribution >= 4 is 37.5 Å². The van der Waals surface area contributed by atoms with Crippen LogP contribution in [0.4, 0.5) is 0 Å². The first-order valence-electron chi connectivity index (χ1n) is 11.3. The molecule has 0 amide bonds. The molecule has 3 fully saturated rings. The van der Waals surface area contributed by atoms with Gasteiger partial charge in [0.25, 0.3) is 5.56 Å². The van der Waals surface area contributed by atoms with E-state index in [-0.39, 0.29) is 11.7 Å². The number of fused-ring (bicyclic) bond motifs is 3. The molecule has 1 aromatic carbocycles. The zero-order valence-electron chi connectivity index (χ0n) is 17.9. The predicted octanol–water partition coefficient (Wildman–Crippen LogP) is 4.98. The van der Waals surface area contributed by atoms with Crippen LogP contribution in [0.2, 0.25) is 0 Å². The second-order valence-electron chi connectivity index (χ2n) is 9.16. The van der Waals surface area contributed by atoms with E-state index < -0.39 is 0 Å². The number of benzene rings is 1. The maximum atomic E-state index is 13.1. The van der Waals surface area contributed by atoms with Gasteiger partial charge < -0.3 is 9.64 Å². The van der Waals surface area contributed by atoms with Gasteiger partial charge in [0.05, 0.1) is 20.6 Å². The number of hydrogen-bond donors (Lipinski definition) is 0. The predicted molar refractivity (Wildman–Crippen MR) is 131 cm³/mol. The Labute approximate surface area is 199 Å². The normalized spacial score (nSPS) is 25.0.